The smallest absolute Gasteiger partial charge is 0.410 e. The Morgan fingerprint density at radius 1 is 1.45 bits per heavy atom. The molecular weight excluding hydrogens is 304 g/mol. The highest BCUT2D eigenvalue weighted by molar-refractivity contribution is 6.28. The average Bonchev–Trinajstić information content (AvgIpc) is 2.35. The number of anilines is 1. The summed E-state index contributed by atoms with van der Waals surface area (Å²) in [5.74, 6) is 0.688. The SMILES string of the molecule is Cc1cc(NC2CCCN(C(=O)OC(C)(C)C)C2)nc(Cl)n1. The monoisotopic (exact) mass is 326 g/mol. The minimum Gasteiger partial charge on any atom is -0.444 e. The lowest BCUT2D eigenvalue weighted by atomic mass is 10.1. The highest BCUT2D eigenvalue weighted by Crippen LogP contribution is 2.19. The van der Waals surface area contributed by atoms with E-state index in [4.69, 9.17) is 16.3 Å². The van der Waals surface area contributed by atoms with Gasteiger partial charge in [-0.25, -0.2) is 14.8 Å². The number of piperidine rings is 1. The lowest BCUT2D eigenvalue weighted by molar-refractivity contribution is 0.0206. The molecule has 1 aromatic heterocycles. The van der Waals surface area contributed by atoms with Crippen molar-refractivity contribution in [2.75, 3.05) is 18.4 Å². The van der Waals surface area contributed by atoms with E-state index in [1.807, 2.05) is 33.8 Å². The molecule has 1 aliphatic rings. The maximum Gasteiger partial charge on any atom is 0.410 e. The summed E-state index contributed by atoms with van der Waals surface area (Å²) in [6.07, 6.45) is 1.63. The lowest BCUT2D eigenvalue weighted by Crippen LogP contribution is -2.47. The van der Waals surface area contributed by atoms with Crippen LogP contribution in [0.2, 0.25) is 5.28 Å². The van der Waals surface area contributed by atoms with Gasteiger partial charge >= 0.3 is 6.09 Å². The molecule has 122 valence electrons. The normalized spacial score (nSPS) is 19.0. The molecule has 6 nitrogen and oxygen atoms in total. The second kappa shape index (κ2) is 6.69. The largest absolute Gasteiger partial charge is 0.444 e. The Labute approximate surface area is 136 Å². The van der Waals surface area contributed by atoms with E-state index in [0.29, 0.717) is 12.4 Å². The van der Waals surface area contributed by atoms with Crippen LogP contribution < -0.4 is 5.32 Å². The van der Waals surface area contributed by atoms with Gasteiger partial charge in [0.15, 0.2) is 0 Å². The Kier molecular flexibility index (Phi) is 5.11. The van der Waals surface area contributed by atoms with Crippen molar-refractivity contribution >= 4 is 23.5 Å². The van der Waals surface area contributed by atoms with Crippen LogP contribution in [-0.4, -0.2) is 45.7 Å². The lowest BCUT2D eigenvalue weighted by Gasteiger charge is -2.34. The van der Waals surface area contributed by atoms with Crippen LogP contribution in [0.1, 0.15) is 39.3 Å². The number of hydrogen-bond donors (Lipinski definition) is 1. The predicted octanol–water partition coefficient (Wildman–Crippen LogP) is 3.25. The van der Waals surface area contributed by atoms with Crippen molar-refractivity contribution in [3.63, 3.8) is 0 Å². The van der Waals surface area contributed by atoms with E-state index in [0.717, 1.165) is 25.1 Å². The zero-order valence-electron chi connectivity index (χ0n) is 13.5. The molecule has 0 radical (unpaired) electrons. The zero-order chi connectivity index (χ0) is 16.3. The first-order valence-electron chi connectivity index (χ1n) is 7.48. The van der Waals surface area contributed by atoms with Gasteiger partial charge in [-0.3, -0.25) is 0 Å². The number of nitrogens with zero attached hydrogens (tertiary/aromatic N) is 3. The van der Waals surface area contributed by atoms with Crippen LogP contribution in [0.3, 0.4) is 0 Å². The van der Waals surface area contributed by atoms with E-state index in [9.17, 15) is 4.79 Å². The maximum atomic E-state index is 12.1. The molecule has 0 spiro atoms. The second-order valence-corrected chi connectivity index (χ2v) is 6.91. The number of nitrogens with one attached hydrogen (secondary N) is 1. The first kappa shape index (κ1) is 16.8. The Hall–Kier alpha value is -1.56. The van der Waals surface area contributed by atoms with Gasteiger partial charge in [0.2, 0.25) is 5.28 Å². The number of aryl methyl sites for hydroxylation is 1. The highest BCUT2D eigenvalue weighted by Gasteiger charge is 2.27. The van der Waals surface area contributed by atoms with Gasteiger partial charge in [0.1, 0.15) is 11.4 Å². The number of hydrogen-bond acceptors (Lipinski definition) is 5. The number of aromatic nitrogens is 2. The van der Waals surface area contributed by atoms with Crippen molar-refractivity contribution in [2.45, 2.75) is 52.2 Å². The summed E-state index contributed by atoms with van der Waals surface area (Å²) in [6.45, 7) is 8.79. The van der Waals surface area contributed by atoms with Crippen molar-refractivity contribution in [1.82, 2.24) is 14.9 Å². The van der Waals surface area contributed by atoms with Gasteiger partial charge in [-0.15, -0.1) is 0 Å². The molecule has 1 N–H and O–H groups in total. The fourth-order valence-electron chi connectivity index (χ4n) is 2.40. The molecule has 1 aliphatic heterocycles. The second-order valence-electron chi connectivity index (χ2n) is 6.57. The zero-order valence-corrected chi connectivity index (χ0v) is 14.3. The molecule has 1 saturated heterocycles. The molecule has 7 heteroatoms. The van der Waals surface area contributed by atoms with Gasteiger partial charge in [0.05, 0.1) is 0 Å². The molecule has 1 amide bonds. The summed E-state index contributed by atoms with van der Waals surface area (Å²) >= 11 is 5.87. The number of carbonyl (C=O) groups excluding carboxylic acids is 1. The van der Waals surface area contributed by atoms with Crippen LogP contribution in [0, 0.1) is 6.92 Å². The third kappa shape index (κ3) is 5.02. The third-order valence-electron chi connectivity index (χ3n) is 3.25. The standard InChI is InChI=1S/C15H23ClN4O2/c1-10-8-12(19-13(16)17-10)18-11-6-5-7-20(9-11)14(21)22-15(2,3)4/h8,11H,5-7,9H2,1-4H3,(H,17,18,19). The fraction of sp³-hybridized carbons (Fsp3) is 0.667. The summed E-state index contributed by atoms with van der Waals surface area (Å²) < 4.78 is 5.43. The van der Waals surface area contributed by atoms with E-state index in [1.54, 1.807) is 4.90 Å². The Bertz CT molecular complexity index is 525. The van der Waals surface area contributed by atoms with Gasteiger partial charge in [-0.1, -0.05) is 0 Å². The van der Waals surface area contributed by atoms with Crippen molar-refractivity contribution < 1.29 is 9.53 Å². The average molecular weight is 327 g/mol. The highest BCUT2D eigenvalue weighted by atomic mass is 35.5. The number of halogens is 1. The predicted molar refractivity (Wildman–Crippen MR) is 86.2 cm³/mol. The van der Waals surface area contributed by atoms with Crippen LogP contribution in [-0.2, 0) is 4.74 Å². The molecule has 0 aliphatic carbocycles. The first-order chi connectivity index (χ1) is 10.2. The Morgan fingerprint density at radius 2 is 2.18 bits per heavy atom. The van der Waals surface area contributed by atoms with E-state index < -0.39 is 5.60 Å². The van der Waals surface area contributed by atoms with Gasteiger partial charge in [0.25, 0.3) is 0 Å². The fourth-order valence-corrected chi connectivity index (χ4v) is 2.63. The molecule has 1 atom stereocenters. The Morgan fingerprint density at radius 3 is 2.82 bits per heavy atom. The third-order valence-corrected chi connectivity index (χ3v) is 3.42. The maximum absolute atomic E-state index is 12.1. The van der Waals surface area contributed by atoms with E-state index in [1.165, 1.54) is 0 Å². The first-order valence-corrected chi connectivity index (χ1v) is 7.86. The summed E-state index contributed by atoms with van der Waals surface area (Å²) in [4.78, 5) is 22.1. The van der Waals surface area contributed by atoms with E-state index in [-0.39, 0.29) is 17.4 Å². The van der Waals surface area contributed by atoms with Gasteiger partial charge in [0, 0.05) is 30.9 Å². The molecule has 2 heterocycles. The van der Waals surface area contributed by atoms with Crippen molar-refractivity contribution in [3.05, 3.63) is 17.0 Å². The van der Waals surface area contributed by atoms with Crippen molar-refractivity contribution in [1.29, 1.82) is 0 Å². The topological polar surface area (TPSA) is 67.4 Å². The Balaban J connectivity index is 1.97. The minimum absolute atomic E-state index is 0.131. The molecule has 22 heavy (non-hydrogen) atoms. The molecule has 1 aromatic rings. The van der Waals surface area contributed by atoms with Gasteiger partial charge in [-0.05, 0) is 52.1 Å². The minimum atomic E-state index is -0.477. The molecule has 1 fully saturated rings. The number of carbonyl (C=O) groups is 1. The number of rotatable bonds is 2. The molecule has 2 rings (SSSR count). The van der Waals surface area contributed by atoms with Crippen LogP contribution >= 0.6 is 11.6 Å². The van der Waals surface area contributed by atoms with Crippen molar-refractivity contribution in [3.8, 4) is 0 Å². The molecule has 0 aromatic carbocycles. The van der Waals surface area contributed by atoms with Crippen LogP contribution in [0.15, 0.2) is 6.07 Å². The van der Waals surface area contributed by atoms with E-state index >= 15 is 0 Å². The molecule has 0 saturated carbocycles. The summed E-state index contributed by atoms with van der Waals surface area (Å²) in [7, 11) is 0. The van der Waals surface area contributed by atoms with Crippen molar-refractivity contribution in [2.24, 2.45) is 0 Å². The number of ether oxygens (including phenoxy) is 1. The van der Waals surface area contributed by atoms with Crippen LogP contribution in [0.5, 0.6) is 0 Å². The summed E-state index contributed by atoms with van der Waals surface area (Å²) in [5.41, 5.74) is 0.330. The molecular formula is C15H23ClN4O2. The number of amides is 1. The number of likely N-dealkylation sites (tertiary alicyclic amines) is 1. The van der Waals surface area contributed by atoms with Crippen LogP contribution in [0.4, 0.5) is 10.6 Å². The summed E-state index contributed by atoms with van der Waals surface area (Å²) in [5, 5.41) is 3.55. The van der Waals surface area contributed by atoms with E-state index in [2.05, 4.69) is 15.3 Å². The summed E-state index contributed by atoms with van der Waals surface area (Å²) in [6, 6.07) is 1.98. The van der Waals surface area contributed by atoms with Gasteiger partial charge < -0.3 is 15.0 Å². The quantitative estimate of drug-likeness (QED) is 0.845. The molecule has 0 bridgehead atoms. The van der Waals surface area contributed by atoms with Gasteiger partial charge in [-0.2, -0.15) is 0 Å². The van der Waals surface area contributed by atoms with Crippen LogP contribution in [0.25, 0.3) is 0 Å². The molecule has 1 unspecified atom stereocenters.